The van der Waals surface area contributed by atoms with E-state index in [0.717, 1.165) is 12.1 Å². The highest BCUT2D eigenvalue weighted by Gasteiger charge is 2.28. The Bertz CT molecular complexity index is 593. The van der Waals surface area contributed by atoms with Crippen molar-refractivity contribution >= 4 is 20.8 Å². The SMILES string of the molecule is O=S1CCN(S(=O)(=O)c2ccc(F)c(CO)c2)CC1. The minimum absolute atomic E-state index is 0.0503. The molecule has 1 N–H and O–H groups in total. The van der Waals surface area contributed by atoms with Gasteiger partial charge in [0.05, 0.1) is 11.5 Å². The standard InChI is InChI=1S/C11H14FNO4S2/c12-11-2-1-10(7-9(11)8-14)19(16,17)13-3-5-18(15)6-4-13/h1-2,7,14H,3-6,8H2. The summed E-state index contributed by atoms with van der Waals surface area (Å²) < 4.78 is 50.3. The maximum absolute atomic E-state index is 13.2. The lowest BCUT2D eigenvalue weighted by atomic mass is 10.2. The average Bonchev–Trinajstić information content (AvgIpc) is 2.39. The summed E-state index contributed by atoms with van der Waals surface area (Å²) in [6.45, 7) is -0.166. The van der Waals surface area contributed by atoms with Crippen molar-refractivity contribution in [1.29, 1.82) is 0 Å². The maximum Gasteiger partial charge on any atom is 0.243 e. The van der Waals surface area contributed by atoms with Crippen molar-refractivity contribution in [2.24, 2.45) is 0 Å². The van der Waals surface area contributed by atoms with E-state index in [2.05, 4.69) is 0 Å². The van der Waals surface area contributed by atoms with Gasteiger partial charge in [-0.25, -0.2) is 12.8 Å². The monoisotopic (exact) mass is 307 g/mol. The van der Waals surface area contributed by atoms with Crippen LogP contribution in [0.2, 0.25) is 0 Å². The first-order valence-electron chi connectivity index (χ1n) is 5.69. The van der Waals surface area contributed by atoms with Crippen LogP contribution in [0.15, 0.2) is 23.1 Å². The topological polar surface area (TPSA) is 74.7 Å². The predicted molar refractivity (Wildman–Crippen MR) is 69.0 cm³/mol. The van der Waals surface area contributed by atoms with E-state index in [9.17, 15) is 17.0 Å². The van der Waals surface area contributed by atoms with Gasteiger partial charge < -0.3 is 5.11 Å². The highest BCUT2D eigenvalue weighted by molar-refractivity contribution is 7.89. The molecular formula is C11H14FNO4S2. The van der Waals surface area contributed by atoms with Gasteiger partial charge in [0.1, 0.15) is 5.82 Å². The molecular weight excluding hydrogens is 293 g/mol. The fourth-order valence-electron chi connectivity index (χ4n) is 1.84. The fraction of sp³-hybridized carbons (Fsp3) is 0.455. The molecule has 0 aromatic heterocycles. The molecule has 1 heterocycles. The van der Waals surface area contributed by atoms with Crippen LogP contribution in [0.5, 0.6) is 0 Å². The summed E-state index contributed by atoms with van der Waals surface area (Å²) in [5.41, 5.74) is -0.0540. The van der Waals surface area contributed by atoms with Gasteiger partial charge in [0.15, 0.2) is 0 Å². The molecule has 1 aromatic carbocycles. The zero-order valence-electron chi connectivity index (χ0n) is 10.1. The lowest BCUT2D eigenvalue weighted by Crippen LogP contribution is -2.41. The van der Waals surface area contributed by atoms with Crippen LogP contribution in [0.25, 0.3) is 0 Å². The molecule has 106 valence electrons. The van der Waals surface area contributed by atoms with E-state index in [1.807, 2.05) is 0 Å². The summed E-state index contributed by atoms with van der Waals surface area (Å²) in [4.78, 5) is -0.0503. The first kappa shape index (κ1) is 14.6. The number of aliphatic hydroxyl groups excluding tert-OH is 1. The maximum atomic E-state index is 13.2. The summed E-state index contributed by atoms with van der Waals surface area (Å²) in [6.07, 6.45) is 0. The Hall–Kier alpha value is -0.830. The molecule has 0 aliphatic carbocycles. The lowest BCUT2D eigenvalue weighted by molar-refractivity contribution is 0.275. The molecule has 2 rings (SSSR count). The highest BCUT2D eigenvalue weighted by Crippen LogP contribution is 2.20. The zero-order valence-corrected chi connectivity index (χ0v) is 11.7. The van der Waals surface area contributed by atoms with Crippen molar-refractivity contribution in [2.75, 3.05) is 24.6 Å². The molecule has 1 saturated heterocycles. The van der Waals surface area contributed by atoms with E-state index < -0.39 is 33.2 Å². The largest absolute Gasteiger partial charge is 0.392 e. The molecule has 0 bridgehead atoms. The highest BCUT2D eigenvalue weighted by atomic mass is 32.2. The second-order valence-corrected chi connectivity index (χ2v) is 7.80. The van der Waals surface area contributed by atoms with Crippen LogP contribution in [0.3, 0.4) is 0 Å². The van der Waals surface area contributed by atoms with Gasteiger partial charge >= 0.3 is 0 Å². The number of nitrogens with zero attached hydrogens (tertiary/aromatic N) is 1. The Labute approximate surface area is 113 Å². The molecule has 19 heavy (non-hydrogen) atoms. The summed E-state index contributed by atoms with van der Waals surface area (Å²) >= 11 is 0. The molecule has 1 aromatic rings. The Morgan fingerprint density at radius 3 is 2.53 bits per heavy atom. The van der Waals surface area contributed by atoms with Crippen molar-refractivity contribution in [3.8, 4) is 0 Å². The summed E-state index contributed by atoms with van der Waals surface area (Å²) in [5, 5.41) is 8.97. The number of halogens is 1. The molecule has 0 amide bonds. The molecule has 1 aliphatic heterocycles. The third-order valence-corrected chi connectivity index (χ3v) is 6.13. The van der Waals surface area contributed by atoms with Crippen LogP contribution in [-0.2, 0) is 27.4 Å². The van der Waals surface area contributed by atoms with Crippen LogP contribution in [0.1, 0.15) is 5.56 Å². The minimum Gasteiger partial charge on any atom is -0.392 e. The quantitative estimate of drug-likeness (QED) is 0.857. The van der Waals surface area contributed by atoms with Crippen molar-refractivity contribution in [3.63, 3.8) is 0 Å². The van der Waals surface area contributed by atoms with Gasteiger partial charge in [-0.1, -0.05) is 0 Å². The zero-order chi connectivity index (χ0) is 14.0. The van der Waals surface area contributed by atoms with Crippen LogP contribution in [0.4, 0.5) is 4.39 Å². The molecule has 0 saturated carbocycles. The Morgan fingerprint density at radius 2 is 1.95 bits per heavy atom. The van der Waals surface area contributed by atoms with E-state index >= 15 is 0 Å². The third kappa shape index (κ3) is 3.02. The van der Waals surface area contributed by atoms with Crippen molar-refractivity contribution in [2.45, 2.75) is 11.5 Å². The molecule has 0 unspecified atom stereocenters. The van der Waals surface area contributed by atoms with Crippen LogP contribution in [-0.4, -0.2) is 46.6 Å². The van der Waals surface area contributed by atoms with E-state index in [4.69, 9.17) is 5.11 Å². The molecule has 0 radical (unpaired) electrons. The van der Waals surface area contributed by atoms with Crippen molar-refractivity contribution in [3.05, 3.63) is 29.6 Å². The second-order valence-electron chi connectivity index (χ2n) is 4.16. The number of hydrogen-bond acceptors (Lipinski definition) is 4. The summed E-state index contributed by atoms with van der Waals surface area (Å²) in [5.74, 6) is -0.0122. The van der Waals surface area contributed by atoms with Gasteiger partial charge in [-0.3, -0.25) is 4.21 Å². The molecule has 8 heteroatoms. The second kappa shape index (κ2) is 5.66. The summed E-state index contributed by atoms with van der Waals surface area (Å²) in [6, 6.07) is 3.34. The Balaban J connectivity index is 2.31. The Kier molecular flexibility index (Phi) is 4.34. The van der Waals surface area contributed by atoms with Gasteiger partial charge in [0.2, 0.25) is 10.0 Å². The molecule has 5 nitrogen and oxygen atoms in total. The first-order chi connectivity index (χ1) is 8.95. The number of aliphatic hydroxyl groups is 1. The smallest absolute Gasteiger partial charge is 0.243 e. The van der Waals surface area contributed by atoms with E-state index in [0.29, 0.717) is 11.5 Å². The van der Waals surface area contributed by atoms with Gasteiger partial charge in [0.25, 0.3) is 0 Å². The molecule has 0 spiro atoms. The van der Waals surface area contributed by atoms with Gasteiger partial charge in [0, 0.05) is 41.0 Å². The van der Waals surface area contributed by atoms with Crippen LogP contribution < -0.4 is 0 Å². The molecule has 1 aliphatic rings. The number of sulfonamides is 1. The van der Waals surface area contributed by atoms with Crippen LogP contribution in [0, 0.1) is 5.82 Å². The van der Waals surface area contributed by atoms with Gasteiger partial charge in [-0.05, 0) is 18.2 Å². The molecule has 1 fully saturated rings. The first-order valence-corrected chi connectivity index (χ1v) is 8.62. The van der Waals surface area contributed by atoms with Gasteiger partial charge in [-0.15, -0.1) is 0 Å². The van der Waals surface area contributed by atoms with E-state index in [1.54, 1.807) is 0 Å². The normalized spacial score (nSPS) is 18.6. The van der Waals surface area contributed by atoms with Crippen molar-refractivity contribution < 1.29 is 22.1 Å². The molecule has 0 atom stereocenters. The lowest BCUT2D eigenvalue weighted by Gasteiger charge is -2.25. The van der Waals surface area contributed by atoms with Crippen molar-refractivity contribution in [1.82, 2.24) is 4.31 Å². The average molecular weight is 307 g/mol. The van der Waals surface area contributed by atoms with Gasteiger partial charge in [-0.2, -0.15) is 4.31 Å². The fourth-order valence-corrected chi connectivity index (χ4v) is 4.62. The number of hydrogen-bond donors (Lipinski definition) is 1. The Morgan fingerprint density at radius 1 is 1.32 bits per heavy atom. The summed E-state index contributed by atoms with van der Waals surface area (Å²) in [7, 11) is -4.68. The number of rotatable bonds is 3. The number of benzene rings is 1. The van der Waals surface area contributed by atoms with E-state index in [-0.39, 0.29) is 23.5 Å². The van der Waals surface area contributed by atoms with E-state index in [1.165, 1.54) is 10.4 Å². The predicted octanol–water partition coefficient (Wildman–Crippen LogP) is 0.0710. The van der Waals surface area contributed by atoms with Crippen LogP contribution >= 0.6 is 0 Å². The third-order valence-electron chi connectivity index (χ3n) is 2.96. The minimum atomic E-state index is -3.71.